The molecule has 0 aliphatic carbocycles. The predicted molar refractivity (Wildman–Crippen MR) is 121 cm³/mol. The zero-order valence-electron chi connectivity index (χ0n) is 18.0. The first-order valence-corrected chi connectivity index (χ1v) is 11.6. The SMILES string of the molecule is CC(C)(C)C(=O)Nc1ccc(C(=O)NCCNS(=O)(=O)CCOc2ccccc2)cc1. The van der Waals surface area contributed by atoms with Gasteiger partial charge in [0.05, 0.1) is 5.75 Å². The van der Waals surface area contributed by atoms with Gasteiger partial charge in [-0.15, -0.1) is 0 Å². The maximum Gasteiger partial charge on any atom is 0.251 e. The lowest BCUT2D eigenvalue weighted by molar-refractivity contribution is -0.123. The van der Waals surface area contributed by atoms with E-state index in [0.29, 0.717) is 17.0 Å². The van der Waals surface area contributed by atoms with Crippen molar-refractivity contribution in [3.05, 3.63) is 60.2 Å². The van der Waals surface area contributed by atoms with E-state index in [4.69, 9.17) is 4.74 Å². The minimum atomic E-state index is -3.51. The van der Waals surface area contributed by atoms with Gasteiger partial charge in [-0.3, -0.25) is 9.59 Å². The lowest BCUT2D eigenvalue weighted by atomic mass is 9.95. The van der Waals surface area contributed by atoms with Crippen LogP contribution < -0.4 is 20.1 Å². The van der Waals surface area contributed by atoms with Crippen molar-refractivity contribution in [3.8, 4) is 5.75 Å². The summed E-state index contributed by atoms with van der Waals surface area (Å²) >= 11 is 0. The fourth-order valence-electron chi connectivity index (χ4n) is 2.37. The molecule has 3 N–H and O–H groups in total. The second-order valence-corrected chi connectivity index (χ2v) is 9.84. The number of sulfonamides is 1. The Hall–Kier alpha value is -2.91. The third-order valence-corrected chi connectivity index (χ3v) is 5.53. The molecule has 9 heteroatoms. The first-order chi connectivity index (χ1) is 14.6. The van der Waals surface area contributed by atoms with E-state index in [1.54, 1.807) is 48.5 Å². The molecule has 8 nitrogen and oxygen atoms in total. The normalized spacial score (nSPS) is 11.6. The maximum absolute atomic E-state index is 12.2. The number of hydrogen-bond donors (Lipinski definition) is 3. The van der Waals surface area contributed by atoms with Crippen molar-refractivity contribution in [2.45, 2.75) is 20.8 Å². The van der Waals surface area contributed by atoms with Gasteiger partial charge in [-0.1, -0.05) is 39.0 Å². The molecule has 0 fully saturated rings. The van der Waals surface area contributed by atoms with Crippen molar-refractivity contribution in [2.75, 3.05) is 30.8 Å². The van der Waals surface area contributed by atoms with E-state index in [1.165, 1.54) is 0 Å². The van der Waals surface area contributed by atoms with Crippen LogP contribution in [0, 0.1) is 5.41 Å². The Morgan fingerprint density at radius 3 is 2.19 bits per heavy atom. The topological polar surface area (TPSA) is 114 Å². The molecular formula is C22H29N3O5S. The molecule has 0 aliphatic rings. The van der Waals surface area contributed by atoms with Crippen molar-refractivity contribution in [1.82, 2.24) is 10.0 Å². The zero-order chi connectivity index (χ0) is 22.9. The van der Waals surface area contributed by atoms with Crippen molar-refractivity contribution in [1.29, 1.82) is 0 Å². The first-order valence-electron chi connectivity index (χ1n) is 9.92. The smallest absolute Gasteiger partial charge is 0.251 e. The Kier molecular flexibility index (Phi) is 8.58. The summed E-state index contributed by atoms with van der Waals surface area (Å²) in [6.07, 6.45) is 0. The average molecular weight is 448 g/mol. The van der Waals surface area contributed by atoms with E-state index in [-0.39, 0.29) is 37.3 Å². The summed E-state index contributed by atoms with van der Waals surface area (Å²) in [5.74, 6) is -0.0298. The Morgan fingerprint density at radius 2 is 1.58 bits per heavy atom. The minimum Gasteiger partial charge on any atom is -0.492 e. The molecule has 168 valence electrons. The summed E-state index contributed by atoms with van der Waals surface area (Å²) in [6, 6.07) is 15.4. The molecule has 2 rings (SSSR count). The molecular weight excluding hydrogens is 418 g/mol. The fraction of sp³-hybridized carbons (Fsp3) is 0.364. The second kappa shape index (κ2) is 10.9. The summed E-state index contributed by atoms with van der Waals surface area (Å²) in [4.78, 5) is 24.2. The summed E-state index contributed by atoms with van der Waals surface area (Å²) < 4.78 is 31.8. The summed E-state index contributed by atoms with van der Waals surface area (Å²) in [6.45, 7) is 5.68. The monoisotopic (exact) mass is 447 g/mol. The standard InChI is InChI=1S/C22H29N3O5S/c1-22(2,3)21(27)25-18-11-9-17(10-12-18)20(26)23-13-14-24-31(28,29)16-15-30-19-7-5-4-6-8-19/h4-12,24H,13-16H2,1-3H3,(H,23,26)(H,25,27). The van der Waals surface area contributed by atoms with Crippen LogP contribution in [0.1, 0.15) is 31.1 Å². The van der Waals surface area contributed by atoms with Crippen LogP contribution in [-0.2, 0) is 14.8 Å². The number of nitrogens with one attached hydrogen (secondary N) is 3. The molecule has 2 amide bonds. The van der Waals surface area contributed by atoms with E-state index in [2.05, 4.69) is 15.4 Å². The van der Waals surface area contributed by atoms with Crippen molar-refractivity contribution in [3.63, 3.8) is 0 Å². The highest BCUT2D eigenvalue weighted by molar-refractivity contribution is 7.89. The lowest BCUT2D eigenvalue weighted by Crippen LogP contribution is -2.36. The number of benzene rings is 2. The van der Waals surface area contributed by atoms with Crippen LogP contribution >= 0.6 is 0 Å². The van der Waals surface area contributed by atoms with Crippen molar-refractivity contribution >= 4 is 27.5 Å². The van der Waals surface area contributed by atoms with Gasteiger partial charge in [-0.25, -0.2) is 13.1 Å². The third kappa shape index (κ3) is 8.77. The van der Waals surface area contributed by atoms with E-state index in [9.17, 15) is 18.0 Å². The van der Waals surface area contributed by atoms with E-state index >= 15 is 0 Å². The van der Waals surface area contributed by atoms with Crippen LogP contribution in [-0.4, -0.2) is 45.7 Å². The molecule has 0 heterocycles. The van der Waals surface area contributed by atoms with Crippen LogP contribution in [0.25, 0.3) is 0 Å². The predicted octanol–water partition coefficient (Wildman–Crippen LogP) is 2.40. The molecule has 0 radical (unpaired) electrons. The fourth-order valence-corrected chi connectivity index (χ4v) is 3.23. The number of para-hydroxylation sites is 1. The van der Waals surface area contributed by atoms with Gasteiger partial charge in [0.25, 0.3) is 5.91 Å². The summed E-state index contributed by atoms with van der Waals surface area (Å²) in [5.41, 5.74) is 0.492. The van der Waals surface area contributed by atoms with Crippen LogP contribution in [0.15, 0.2) is 54.6 Å². The number of anilines is 1. The quantitative estimate of drug-likeness (QED) is 0.484. The lowest BCUT2D eigenvalue weighted by Gasteiger charge is -2.17. The second-order valence-electron chi connectivity index (χ2n) is 7.91. The number of ether oxygens (including phenoxy) is 1. The zero-order valence-corrected chi connectivity index (χ0v) is 18.8. The first kappa shape index (κ1) is 24.4. The molecule has 0 aromatic heterocycles. The molecule has 0 atom stereocenters. The number of carbonyl (C=O) groups is 2. The highest BCUT2D eigenvalue weighted by Crippen LogP contribution is 2.17. The minimum absolute atomic E-state index is 0.0316. The molecule has 0 saturated heterocycles. The summed E-state index contributed by atoms with van der Waals surface area (Å²) in [5, 5.41) is 5.44. The highest BCUT2D eigenvalue weighted by Gasteiger charge is 2.21. The Morgan fingerprint density at radius 1 is 0.935 bits per heavy atom. The van der Waals surface area contributed by atoms with Crippen molar-refractivity contribution in [2.24, 2.45) is 5.41 Å². The molecule has 31 heavy (non-hydrogen) atoms. The molecule has 0 aliphatic heterocycles. The number of hydrogen-bond acceptors (Lipinski definition) is 5. The number of carbonyl (C=O) groups excluding carboxylic acids is 2. The van der Waals surface area contributed by atoms with Gasteiger partial charge in [0.15, 0.2) is 0 Å². The van der Waals surface area contributed by atoms with Gasteiger partial charge in [0, 0.05) is 29.8 Å². The van der Waals surface area contributed by atoms with Crippen molar-refractivity contribution < 1.29 is 22.7 Å². The van der Waals surface area contributed by atoms with E-state index < -0.39 is 15.4 Å². The summed E-state index contributed by atoms with van der Waals surface area (Å²) in [7, 11) is -3.51. The van der Waals surface area contributed by atoms with Gasteiger partial charge >= 0.3 is 0 Å². The average Bonchev–Trinajstić information content (AvgIpc) is 2.71. The number of amides is 2. The van der Waals surface area contributed by atoms with Gasteiger partial charge in [-0.2, -0.15) is 0 Å². The van der Waals surface area contributed by atoms with Crippen LogP contribution in [0.2, 0.25) is 0 Å². The van der Waals surface area contributed by atoms with Crippen LogP contribution in [0.4, 0.5) is 5.69 Å². The molecule has 0 unspecified atom stereocenters. The highest BCUT2D eigenvalue weighted by atomic mass is 32.2. The molecule has 0 saturated carbocycles. The Labute approximate surface area is 183 Å². The maximum atomic E-state index is 12.2. The van der Waals surface area contributed by atoms with Gasteiger partial charge < -0.3 is 15.4 Å². The van der Waals surface area contributed by atoms with Crippen LogP contribution in [0.3, 0.4) is 0 Å². The van der Waals surface area contributed by atoms with E-state index in [0.717, 1.165) is 0 Å². The van der Waals surface area contributed by atoms with E-state index in [1.807, 2.05) is 26.8 Å². The third-order valence-electron chi connectivity index (χ3n) is 4.18. The molecule has 0 bridgehead atoms. The van der Waals surface area contributed by atoms with Crippen LogP contribution in [0.5, 0.6) is 5.75 Å². The molecule has 0 spiro atoms. The molecule has 2 aromatic rings. The number of rotatable bonds is 10. The largest absolute Gasteiger partial charge is 0.492 e. The van der Waals surface area contributed by atoms with Gasteiger partial charge in [0.2, 0.25) is 15.9 Å². The van der Waals surface area contributed by atoms with Gasteiger partial charge in [0.1, 0.15) is 12.4 Å². The van der Waals surface area contributed by atoms with Gasteiger partial charge in [-0.05, 0) is 36.4 Å². The Bertz CT molecular complexity index is 968. The Balaban J connectivity index is 1.70. The molecule has 2 aromatic carbocycles.